The molecule has 1 atom stereocenters. The van der Waals surface area contributed by atoms with E-state index in [0.29, 0.717) is 5.70 Å². The van der Waals surface area contributed by atoms with Crippen molar-refractivity contribution in [1.29, 1.82) is 0 Å². The first-order chi connectivity index (χ1) is 9.61. The lowest BCUT2D eigenvalue weighted by molar-refractivity contribution is -0.124. The van der Waals surface area contributed by atoms with Crippen LogP contribution in [0.5, 0.6) is 0 Å². The second-order valence-corrected chi connectivity index (χ2v) is 5.85. The lowest BCUT2D eigenvalue weighted by atomic mass is 10.2. The highest BCUT2D eigenvalue weighted by atomic mass is 79.9. The van der Waals surface area contributed by atoms with Crippen LogP contribution in [-0.4, -0.2) is 30.9 Å². The molecule has 3 rings (SSSR count). The summed E-state index contributed by atoms with van der Waals surface area (Å²) in [6.07, 6.45) is 2.26. The smallest absolute Gasteiger partial charge is 0.274 e. The largest absolute Gasteiger partial charge is 0.376 e. The van der Waals surface area contributed by atoms with Gasteiger partial charge in [0, 0.05) is 35.4 Å². The van der Waals surface area contributed by atoms with Crippen molar-refractivity contribution in [3.05, 3.63) is 40.5 Å². The fraction of sp³-hybridized carbons (Fsp3) is 0.286. The molecule has 0 bridgehead atoms. The number of carbonyl (C=O) groups is 2. The van der Waals surface area contributed by atoms with Crippen molar-refractivity contribution < 1.29 is 9.59 Å². The van der Waals surface area contributed by atoms with Crippen LogP contribution in [0.15, 0.2) is 40.5 Å². The zero-order valence-electron chi connectivity index (χ0n) is 10.7. The summed E-state index contributed by atoms with van der Waals surface area (Å²) < 4.78 is 1.05. The number of carbonyl (C=O) groups excluding carboxylic acids is 2. The molecule has 2 aliphatic heterocycles. The van der Waals surface area contributed by atoms with Gasteiger partial charge in [-0.15, -0.1) is 0 Å². The van der Waals surface area contributed by atoms with Gasteiger partial charge in [0.05, 0.1) is 0 Å². The molecule has 6 heteroatoms. The summed E-state index contributed by atoms with van der Waals surface area (Å²) in [5.74, 6) is -0.685. The van der Waals surface area contributed by atoms with Crippen molar-refractivity contribution in [2.45, 2.75) is 12.5 Å². The van der Waals surface area contributed by atoms with Gasteiger partial charge in [-0.3, -0.25) is 14.9 Å². The summed E-state index contributed by atoms with van der Waals surface area (Å²) in [5, 5.41) is 5.39. The van der Waals surface area contributed by atoms with E-state index in [1.807, 2.05) is 12.1 Å². The minimum atomic E-state index is -0.348. The molecule has 5 nitrogen and oxygen atoms in total. The fourth-order valence-electron chi connectivity index (χ4n) is 2.52. The van der Waals surface area contributed by atoms with Gasteiger partial charge in [0.15, 0.2) is 0 Å². The highest BCUT2D eigenvalue weighted by molar-refractivity contribution is 9.10. The van der Waals surface area contributed by atoms with Gasteiger partial charge in [-0.05, 0) is 24.6 Å². The normalized spacial score (nSPS) is 21.9. The van der Waals surface area contributed by atoms with Gasteiger partial charge in [0.1, 0.15) is 5.70 Å². The average molecular weight is 336 g/mol. The van der Waals surface area contributed by atoms with Gasteiger partial charge in [-0.25, -0.2) is 0 Å². The zero-order chi connectivity index (χ0) is 14.1. The quantitative estimate of drug-likeness (QED) is 0.814. The number of nitrogens with zero attached hydrogens (tertiary/aromatic N) is 1. The Morgan fingerprint density at radius 1 is 1.35 bits per heavy atom. The van der Waals surface area contributed by atoms with Crippen LogP contribution >= 0.6 is 15.9 Å². The first kappa shape index (κ1) is 13.2. The average Bonchev–Trinajstić information content (AvgIpc) is 2.97. The van der Waals surface area contributed by atoms with Gasteiger partial charge in [-0.1, -0.05) is 22.0 Å². The van der Waals surface area contributed by atoms with E-state index in [-0.39, 0.29) is 17.9 Å². The fourth-order valence-corrected chi connectivity index (χ4v) is 2.91. The van der Waals surface area contributed by atoms with Crippen LogP contribution in [0.3, 0.4) is 0 Å². The molecule has 1 fully saturated rings. The Labute approximate surface area is 125 Å². The van der Waals surface area contributed by atoms with Crippen molar-refractivity contribution in [3.63, 3.8) is 0 Å². The molecule has 2 N–H and O–H groups in total. The molecule has 1 unspecified atom stereocenters. The van der Waals surface area contributed by atoms with E-state index >= 15 is 0 Å². The number of benzene rings is 1. The highest BCUT2D eigenvalue weighted by Gasteiger charge is 2.27. The topological polar surface area (TPSA) is 61.4 Å². The van der Waals surface area contributed by atoms with E-state index in [9.17, 15) is 9.59 Å². The Hall–Kier alpha value is -1.82. The van der Waals surface area contributed by atoms with Crippen molar-refractivity contribution in [2.24, 2.45) is 0 Å². The van der Waals surface area contributed by atoms with Crippen molar-refractivity contribution >= 4 is 33.4 Å². The van der Waals surface area contributed by atoms with Crippen molar-refractivity contribution in [3.8, 4) is 0 Å². The molecular formula is C14H14BrN3O2. The highest BCUT2D eigenvalue weighted by Crippen LogP contribution is 2.24. The lowest BCUT2D eigenvalue weighted by Gasteiger charge is -2.19. The first-order valence-corrected chi connectivity index (χ1v) is 7.25. The molecule has 0 spiro atoms. The van der Waals surface area contributed by atoms with Crippen LogP contribution in [0.2, 0.25) is 0 Å². The summed E-state index contributed by atoms with van der Waals surface area (Å²) >= 11 is 3.47. The van der Waals surface area contributed by atoms with Gasteiger partial charge in [-0.2, -0.15) is 0 Å². The van der Waals surface area contributed by atoms with Crippen LogP contribution in [0, 0.1) is 0 Å². The van der Waals surface area contributed by atoms with Crippen LogP contribution in [0.4, 0.5) is 5.69 Å². The van der Waals surface area contributed by atoms with Crippen LogP contribution in [0.1, 0.15) is 6.42 Å². The molecule has 1 aromatic carbocycles. The number of nitrogens with one attached hydrogen (secondary N) is 2. The predicted molar refractivity (Wildman–Crippen MR) is 79.1 cm³/mol. The minimum Gasteiger partial charge on any atom is -0.376 e. The van der Waals surface area contributed by atoms with Crippen molar-refractivity contribution in [1.82, 2.24) is 10.6 Å². The number of anilines is 1. The molecule has 0 aliphatic carbocycles. The maximum atomic E-state index is 11.5. The number of halogens is 1. The number of imide groups is 1. The molecular weight excluding hydrogens is 322 g/mol. The van der Waals surface area contributed by atoms with Gasteiger partial charge in [0.25, 0.3) is 11.8 Å². The molecule has 104 valence electrons. The molecule has 2 aliphatic rings. The van der Waals surface area contributed by atoms with Crippen LogP contribution < -0.4 is 15.5 Å². The SMILES string of the molecule is O=C1C=C(NC2CCN(c3cccc(Br)c3)C2)C(=O)N1. The summed E-state index contributed by atoms with van der Waals surface area (Å²) in [4.78, 5) is 24.8. The summed E-state index contributed by atoms with van der Waals surface area (Å²) in [7, 11) is 0. The molecule has 2 amide bonds. The minimum absolute atomic E-state index is 0.178. The molecule has 0 aromatic heterocycles. The van der Waals surface area contributed by atoms with E-state index in [1.165, 1.54) is 6.08 Å². The van der Waals surface area contributed by atoms with E-state index in [0.717, 1.165) is 29.7 Å². The van der Waals surface area contributed by atoms with E-state index in [1.54, 1.807) is 0 Å². The molecule has 1 saturated heterocycles. The van der Waals surface area contributed by atoms with Crippen LogP contribution in [0.25, 0.3) is 0 Å². The number of rotatable bonds is 3. The Balaban J connectivity index is 1.64. The Morgan fingerprint density at radius 2 is 2.20 bits per heavy atom. The maximum Gasteiger partial charge on any atom is 0.274 e. The summed E-state index contributed by atoms with van der Waals surface area (Å²) in [6.45, 7) is 1.74. The maximum absolute atomic E-state index is 11.5. The third-order valence-electron chi connectivity index (χ3n) is 3.48. The standard InChI is InChI=1S/C14H14BrN3O2/c15-9-2-1-3-11(6-9)18-5-4-10(8-18)16-12-7-13(19)17-14(12)20/h1-3,6-7,10H,4-5,8H2,(H2,16,17,19,20). The van der Waals surface area contributed by atoms with Gasteiger partial charge >= 0.3 is 0 Å². The van der Waals surface area contributed by atoms with Crippen molar-refractivity contribution in [2.75, 3.05) is 18.0 Å². The second-order valence-electron chi connectivity index (χ2n) is 4.93. The monoisotopic (exact) mass is 335 g/mol. The second kappa shape index (κ2) is 5.28. The Bertz CT molecular complexity index is 600. The summed E-state index contributed by atoms with van der Waals surface area (Å²) in [6, 6.07) is 8.32. The van der Waals surface area contributed by atoms with E-state index in [2.05, 4.69) is 43.6 Å². The molecule has 2 heterocycles. The van der Waals surface area contributed by atoms with E-state index in [4.69, 9.17) is 0 Å². The lowest BCUT2D eigenvalue weighted by Crippen LogP contribution is -2.35. The first-order valence-electron chi connectivity index (χ1n) is 6.46. The molecule has 0 radical (unpaired) electrons. The molecule has 0 saturated carbocycles. The third kappa shape index (κ3) is 2.70. The Kier molecular flexibility index (Phi) is 3.48. The summed E-state index contributed by atoms with van der Waals surface area (Å²) in [5.41, 5.74) is 1.53. The number of hydrogen-bond acceptors (Lipinski definition) is 4. The number of amides is 2. The number of hydrogen-bond donors (Lipinski definition) is 2. The Morgan fingerprint density at radius 3 is 2.90 bits per heavy atom. The molecule has 1 aromatic rings. The van der Waals surface area contributed by atoms with Crippen LogP contribution in [-0.2, 0) is 9.59 Å². The van der Waals surface area contributed by atoms with Gasteiger partial charge < -0.3 is 10.2 Å². The third-order valence-corrected chi connectivity index (χ3v) is 3.97. The zero-order valence-corrected chi connectivity index (χ0v) is 12.3. The molecule has 20 heavy (non-hydrogen) atoms. The van der Waals surface area contributed by atoms with E-state index < -0.39 is 0 Å². The predicted octanol–water partition coefficient (Wildman–Crippen LogP) is 1.16. The van der Waals surface area contributed by atoms with Gasteiger partial charge in [0.2, 0.25) is 0 Å².